The lowest BCUT2D eigenvalue weighted by Crippen LogP contribution is -2.29. The summed E-state index contributed by atoms with van der Waals surface area (Å²) in [6, 6.07) is 0. The molecule has 0 aromatic rings. The molecule has 1 heterocycles. The molecule has 76 valence electrons. The van der Waals surface area contributed by atoms with Crippen molar-refractivity contribution in [2.75, 3.05) is 19.6 Å². The Hall–Kier alpha value is -0.300. The Morgan fingerprint density at radius 2 is 1.85 bits per heavy atom. The van der Waals surface area contributed by atoms with Gasteiger partial charge in [0.1, 0.15) is 0 Å². The summed E-state index contributed by atoms with van der Waals surface area (Å²) in [5.74, 6) is 0. The number of allylic oxidation sites excluding steroid dienone is 1. The van der Waals surface area contributed by atoms with Gasteiger partial charge in [-0.25, -0.2) is 0 Å². The number of hydrogen-bond donors (Lipinski definition) is 0. The average Bonchev–Trinajstić information content (AvgIpc) is 2.19. The predicted molar refractivity (Wildman–Crippen MR) is 59.0 cm³/mol. The van der Waals surface area contributed by atoms with Crippen molar-refractivity contribution in [2.24, 2.45) is 0 Å². The SMILES string of the molecule is CCCC/C=C\CN1CCCCC1. The molecule has 1 heteroatoms. The van der Waals surface area contributed by atoms with Crippen molar-refractivity contribution < 1.29 is 0 Å². The highest BCUT2D eigenvalue weighted by Gasteiger charge is 2.06. The standard InChI is InChI=1S/C12H23N/c1-2-3-4-5-7-10-13-11-8-6-9-12-13/h5,7H,2-4,6,8-12H2,1H3/b7-5-. The van der Waals surface area contributed by atoms with Crippen LogP contribution in [0.5, 0.6) is 0 Å². The Morgan fingerprint density at radius 3 is 2.54 bits per heavy atom. The monoisotopic (exact) mass is 181 g/mol. The molecule has 1 nitrogen and oxygen atoms in total. The summed E-state index contributed by atoms with van der Waals surface area (Å²) >= 11 is 0. The van der Waals surface area contributed by atoms with Crippen molar-refractivity contribution >= 4 is 0 Å². The van der Waals surface area contributed by atoms with Crippen molar-refractivity contribution in [3.05, 3.63) is 12.2 Å². The van der Waals surface area contributed by atoms with Crippen LogP contribution in [-0.4, -0.2) is 24.5 Å². The van der Waals surface area contributed by atoms with Gasteiger partial charge in [-0.1, -0.05) is 38.3 Å². The van der Waals surface area contributed by atoms with Gasteiger partial charge in [0, 0.05) is 6.54 Å². The topological polar surface area (TPSA) is 3.24 Å². The molecule has 0 N–H and O–H groups in total. The highest BCUT2D eigenvalue weighted by atomic mass is 15.1. The Balaban J connectivity index is 2.00. The largest absolute Gasteiger partial charge is 0.300 e. The number of nitrogens with zero attached hydrogens (tertiary/aromatic N) is 1. The third kappa shape index (κ3) is 5.09. The van der Waals surface area contributed by atoms with E-state index in [0.717, 1.165) is 0 Å². The second-order valence-corrected chi connectivity index (χ2v) is 3.97. The van der Waals surface area contributed by atoms with E-state index in [1.165, 1.54) is 58.2 Å². The highest BCUT2D eigenvalue weighted by Crippen LogP contribution is 2.08. The van der Waals surface area contributed by atoms with Crippen molar-refractivity contribution in [1.82, 2.24) is 4.90 Å². The molecule has 0 aromatic heterocycles. The summed E-state index contributed by atoms with van der Waals surface area (Å²) in [5, 5.41) is 0. The Labute approximate surface area is 82.8 Å². The van der Waals surface area contributed by atoms with E-state index in [9.17, 15) is 0 Å². The number of unbranched alkanes of at least 4 members (excludes halogenated alkanes) is 2. The summed E-state index contributed by atoms with van der Waals surface area (Å²) in [5.41, 5.74) is 0. The second kappa shape index (κ2) is 7.14. The minimum absolute atomic E-state index is 1.18. The van der Waals surface area contributed by atoms with E-state index in [1.807, 2.05) is 0 Å². The van der Waals surface area contributed by atoms with Gasteiger partial charge in [-0.2, -0.15) is 0 Å². The molecule has 1 aliphatic heterocycles. The first-order valence-electron chi connectivity index (χ1n) is 5.81. The molecule has 1 saturated heterocycles. The number of piperidine rings is 1. The molecule has 0 atom stereocenters. The van der Waals surface area contributed by atoms with Crippen molar-refractivity contribution in [2.45, 2.75) is 45.4 Å². The zero-order valence-corrected chi connectivity index (χ0v) is 8.97. The first kappa shape index (κ1) is 10.8. The van der Waals surface area contributed by atoms with Gasteiger partial charge in [-0.3, -0.25) is 4.90 Å². The summed E-state index contributed by atoms with van der Waals surface area (Å²) in [6.45, 7) is 6.07. The Bertz CT molecular complexity index is 134. The molecular formula is C12H23N. The van der Waals surface area contributed by atoms with Gasteiger partial charge < -0.3 is 0 Å². The molecule has 1 aliphatic rings. The van der Waals surface area contributed by atoms with Crippen LogP contribution >= 0.6 is 0 Å². The van der Waals surface area contributed by atoms with Crippen LogP contribution in [-0.2, 0) is 0 Å². The van der Waals surface area contributed by atoms with Crippen LogP contribution in [0.3, 0.4) is 0 Å². The summed E-state index contributed by atoms with van der Waals surface area (Å²) in [4.78, 5) is 2.56. The molecular weight excluding hydrogens is 158 g/mol. The van der Waals surface area contributed by atoms with E-state index in [2.05, 4.69) is 24.0 Å². The fraction of sp³-hybridized carbons (Fsp3) is 0.833. The highest BCUT2D eigenvalue weighted by molar-refractivity contribution is 4.85. The maximum Gasteiger partial charge on any atom is 0.0163 e. The number of rotatable bonds is 5. The normalized spacial score (nSPS) is 19.8. The van der Waals surface area contributed by atoms with Crippen LogP contribution in [0.2, 0.25) is 0 Å². The molecule has 0 unspecified atom stereocenters. The molecule has 1 rings (SSSR count). The molecule has 0 aliphatic carbocycles. The smallest absolute Gasteiger partial charge is 0.0163 e. The van der Waals surface area contributed by atoms with Crippen LogP contribution < -0.4 is 0 Å². The number of hydrogen-bond acceptors (Lipinski definition) is 1. The van der Waals surface area contributed by atoms with E-state index in [0.29, 0.717) is 0 Å². The van der Waals surface area contributed by atoms with Gasteiger partial charge in [-0.15, -0.1) is 0 Å². The van der Waals surface area contributed by atoms with E-state index >= 15 is 0 Å². The van der Waals surface area contributed by atoms with Crippen molar-refractivity contribution in [1.29, 1.82) is 0 Å². The third-order valence-electron chi connectivity index (χ3n) is 2.70. The first-order chi connectivity index (χ1) is 6.43. The Morgan fingerprint density at radius 1 is 1.08 bits per heavy atom. The summed E-state index contributed by atoms with van der Waals surface area (Å²) in [6.07, 6.45) is 12.9. The molecule has 0 radical (unpaired) electrons. The quantitative estimate of drug-likeness (QED) is 0.465. The molecule has 0 amide bonds. The van der Waals surface area contributed by atoms with Crippen molar-refractivity contribution in [3.8, 4) is 0 Å². The second-order valence-electron chi connectivity index (χ2n) is 3.97. The van der Waals surface area contributed by atoms with Crippen LogP contribution in [0.25, 0.3) is 0 Å². The van der Waals surface area contributed by atoms with Crippen LogP contribution in [0.1, 0.15) is 45.4 Å². The average molecular weight is 181 g/mol. The van der Waals surface area contributed by atoms with E-state index in [-0.39, 0.29) is 0 Å². The van der Waals surface area contributed by atoms with Crippen LogP contribution in [0, 0.1) is 0 Å². The van der Waals surface area contributed by atoms with Gasteiger partial charge >= 0.3 is 0 Å². The molecule has 0 saturated carbocycles. The third-order valence-corrected chi connectivity index (χ3v) is 2.70. The van der Waals surface area contributed by atoms with Crippen molar-refractivity contribution in [3.63, 3.8) is 0 Å². The van der Waals surface area contributed by atoms with Gasteiger partial charge in [-0.05, 0) is 32.4 Å². The molecule has 1 fully saturated rings. The summed E-state index contributed by atoms with van der Waals surface area (Å²) in [7, 11) is 0. The molecule has 0 spiro atoms. The zero-order valence-electron chi connectivity index (χ0n) is 8.97. The lowest BCUT2D eigenvalue weighted by molar-refractivity contribution is 0.251. The predicted octanol–water partition coefficient (Wildman–Crippen LogP) is 3.22. The first-order valence-corrected chi connectivity index (χ1v) is 5.81. The molecule has 0 bridgehead atoms. The van der Waals surface area contributed by atoms with E-state index in [1.54, 1.807) is 0 Å². The fourth-order valence-corrected chi connectivity index (χ4v) is 1.81. The number of likely N-dealkylation sites (tertiary alicyclic amines) is 1. The lowest BCUT2D eigenvalue weighted by atomic mass is 10.1. The fourth-order valence-electron chi connectivity index (χ4n) is 1.81. The maximum atomic E-state index is 2.56. The van der Waals surface area contributed by atoms with Gasteiger partial charge in [0.05, 0.1) is 0 Å². The van der Waals surface area contributed by atoms with E-state index < -0.39 is 0 Å². The summed E-state index contributed by atoms with van der Waals surface area (Å²) < 4.78 is 0. The minimum atomic E-state index is 1.18. The Kier molecular flexibility index (Phi) is 5.92. The molecule has 0 aromatic carbocycles. The van der Waals surface area contributed by atoms with Gasteiger partial charge in [0.25, 0.3) is 0 Å². The molecule has 13 heavy (non-hydrogen) atoms. The minimum Gasteiger partial charge on any atom is -0.300 e. The van der Waals surface area contributed by atoms with Gasteiger partial charge in [0.15, 0.2) is 0 Å². The van der Waals surface area contributed by atoms with Crippen LogP contribution in [0.15, 0.2) is 12.2 Å². The maximum absolute atomic E-state index is 2.56. The van der Waals surface area contributed by atoms with E-state index in [4.69, 9.17) is 0 Å². The zero-order chi connectivity index (χ0) is 9.36. The van der Waals surface area contributed by atoms with Crippen LogP contribution in [0.4, 0.5) is 0 Å². The van der Waals surface area contributed by atoms with Gasteiger partial charge in [0.2, 0.25) is 0 Å². The lowest BCUT2D eigenvalue weighted by Gasteiger charge is -2.24.